The minimum absolute atomic E-state index is 0.0687. The van der Waals surface area contributed by atoms with Gasteiger partial charge in [-0.3, -0.25) is 29.0 Å². The number of hydrogen-bond donors (Lipinski definition) is 1. The fourth-order valence-corrected chi connectivity index (χ4v) is 8.46. The number of methoxy groups -OCH3 is 2. The average Bonchev–Trinajstić information content (AvgIpc) is 3.32. The van der Waals surface area contributed by atoms with Gasteiger partial charge in [-0.2, -0.15) is 0 Å². The molecule has 2 amide bonds. The molecule has 9 heteroatoms. The second kappa shape index (κ2) is 11.7. The molecule has 0 saturated carbocycles. The van der Waals surface area contributed by atoms with Crippen molar-refractivity contribution in [3.05, 3.63) is 88.0 Å². The zero-order valence-electron chi connectivity index (χ0n) is 26.3. The van der Waals surface area contributed by atoms with Crippen LogP contribution >= 0.6 is 0 Å². The van der Waals surface area contributed by atoms with E-state index in [1.807, 2.05) is 24.3 Å². The number of likely N-dealkylation sites (tertiary alicyclic amines) is 2. The van der Waals surface area contributed by atoms with E-state index in [9.17, 15) is 24.3 Å². The summed E-state index contributed by atoms with van der Waals surface area (Å²) in [7, 11) is 2.94. The van der Waals surface area contributed by atoms with Gasteiger partial charge in [0.1, 0.15) is 17.2 Å². The predicted octanol–water partition coefficient (Wildman–Crippen LogP) is 4.50. The molecule has 2 aliphatic heterocycles. The van der Waals surface area contributed by atoms with Crippen LogP contribution in [0.4, 0.5) is 0 Å². The number of phenols is 1. The van der Waals surface area contributed by atoms with Crippen LogP contribution in [0.15, 0.2) is 76.9 Å². The molecule has 4 atom stereocenters. The summed E-state index contributed by atoms with van der Waals surface area (Å²) < 4.78 is 11.4. The molecule has 2 saturated heterocycles. The van der Waals surface area contributed by atoms with Crippen LogP contribution in [-0.2, 0) is 25.7 Å². The highest BCUT2D eigenvalue weighted by Crippen LogP contribution is 2.58. The number of Topliss-reactive ketones (excluding diaryl/α,β-unsaturated/α-hetero) is 1. The normalized spacial score (nSPS) is 26.8. The maximum atomic E-state index is 14.4. The Morgan fingerprint density at radius 2 is 1.59 bits per heavy atom. The van der Waals surface area contributed by atoms with Crippen molar-refractivity contribution in [3.8, 4) is 17.2 Å². The molecule has 2 aromatic carbocycles. The summed E-state index contributed by atoms with van der Waals surface area (Å²) >= 11 is 0. The zero-order chi connectivity index (χ0) is 32.3. The number of carbonyl (C=O) groups is 4. The maximum Gasteiger partial charge on any atom is 0.233 e. The van der Waals surface area contributed by atoms with Gasteiger partial charge in [0.15, 0.2) is 11.6 Å². The number of rotatable bonds is 6. The number of nitrogens with zero attached hydrogens (tertiary/aromatic N) is 2. The van der Waals surface area contributed by atoms with Gasteiger partial charge >= 0.3 is 0 Å². The molecule has 0 radical (unpaired) electrons. The van der Waals surface area contributed by atoms with Gasteiger partial charge in [-0.25, -0.2) is 0 Å². The lowest BCUT2D eigenvalue weighted by Gasteiger charge is -2.42. The summed E-state index contributed by atoms with van der Waals surface area (Å²) in [5, 5.41) is 10.4. The average molecular weight is 623 g/mol. The highest BCUT2D eigenvalue weighted by molar-refractivity contribution is 6.24. The number of allylic oxidation sites excluding steroid dienone is 6. The number of aromatic hydroxyl groups is 1. The Labute approximate surface area is 268 Å². The lowest BCUT2D eigenvalue weighted by Crippen LogP contribution is -2.47. The molecule has 5 aliphatic rings. The van der Waals surface area contributed by atoms with Crippen molar-refractivity contribution < 1.29 is 33.8 Å². The first-order valence-electron chi connectivity index (χ1n) is 16.0. The first-order chi connectivity index (χ1) is 22.2. The largest absolute Gasteiger partial charge is 0.508 e. The minimum atomic E-state index is -0.738. The SMILES string of the molecule is COc1cc(O)cc(OC)c1C1C2=CCC3C(=O)N(C4CCN(Cc5ccccc5)CC4)C(=O)C3C2CC2=C1C(=O)C(C)=CC2=O. The molecular weight excluding hydrogens is 584 g/mol. The molecule has 46 heavy (non-hydrogen) atoms. The number of fused-ring (bicyclic) bond motifs is 3. The van der Waals surface area contributed by atoms with Crippen molar-refractivity contribution >= 4 is 23.4 Å². The van der Waals surface area contributed by atoms with E-state index < -0.39 is 23.7 Å². The van der Waals surface area contributed by atoms with Gasteiger partial charge < -0.3 is 14.6 Å². The van der Waals surface area contributed by atoms with E-state index in [4.69, 9.17) is 9.47 Å². The second-order valence-corrected chi connectivity index (χ2v) is 13.0. The first-order valence-corrected chi connectivity index (χ1v) is 16.0. The predicted molar refractivity (Wildman–Crippen MR) is 169 cm³/mol. The number of benzene rings is 2. The number of carbonyl (C=O) groups excluding carboxylic acids is 4. The van der Waals surface area contributed by atoms with Crippen LogP contribution in [0.1, 0.15) is 49.7 Å². The molecular formula is C37H38N2O7. The standard InChI is InChI=1S/C37H38N2O7/c1-20-15-28(41)27-18-26-24(32(33(27)35(20)42)34-29(45-2)16-23(40)17-30(34)46-3)9-10-25-31(26)37(44)39(36(25)43)22-11-13-38(14-12-22)19-21-7-5-4-6-8-21/h4-9,15-17,22,25-26,31-32,40H,10-14,18-19H2,1-3H3. The van der Waals surface area contributed by atoms with E-state index in [1.165, 1.54) is 42.9 Å². The van der Waals surface area contributed by atoms with E-state index in [0.717, 1.165) is 25.2 Å². The molecule has 0 spiro atoms. The van der Waals surface area contributed by atoms with Crippen LogP contribution in [0.3, 0.4) is 0 Å². The molecule has 0 aromatic heterocycles. The van der Waals surface area contributed by atoms with E-state index in [-0.39, 0.29) is 41.6 Å². The quantitative estimate of drug-likeness (QED) is 0.285. The molecule has 3 aliphatic carbocycles. The summed E-state index contributed by atoms with van der Waals surface area (Å²) in [4.78, 5) is 59.6. The van der Waals surface area contributed by atoms with Crippen molar-refractivity contribution in [3.63, 3.8) is 0 Å². The Kier molecular flexibility index (Phi) is 7.67. The third kappa shape index (κ3) is 4.80. The molecule has 2 aromatic rings. The van der Waals surface area contributed by atoms with Crippen molar-refractivity contribution in [1.82, 2.24) is 9.80 Å². The van der Waals surface area contributed by atoms with Crippen LogP contribution in [0.5, 0.6) is 17.2 Å². The third-order valence-electron chi connectivity index (χ3n) is 10.6. The number of phenolic OH excluding ortho intramolecular Hbond substituents is 1. The number of amides is 2. The lowest BCUT2D eigenvalue weighted by molar-refractivity contribution is -0.144. The molecule has 2 fully saturated rings. The van der Waals surface area contributed by atoms with Crippen LogP contribution in [-0.4, -0.2) is 71.6 Å². The van der Waals surface area contributed by atoms with E-state index in [0.29, 0.717) is 53.0 Å². The maximum absolute atomic E-state index is 14.4. The van der Waals surface area contributed by atoms with Gasteiger partial charge in [0.2, 0.25) is 11.8 Å². The van der Waals surface area contributed by atoms with Crippen molar-refractivity contribution in [1.29, 1.82) is 0 Å². The number of piperidine rings is 1. The summed E-state index contributed by atoms with van der Waals surface area (Å²) in [6.07, 6.45) is 5.36. The molecule has 2 heterocycles. The van der Waals surface area contributed by atoms with Gasteiger partial charge in [-0.15, -0.1) is 0 Å². The summed E-state index contributed by atoms with van der Waals surface area (Å²) in [5.74, 6) is -2.59. The second-order valence-electron chi connectivity index (χ2n) is 13.0. The molecule has 0 bridgehead atoms. The van der Waals surface area contributed by atoms with E-state index in [2.05, 4.69) is 17.0 Å². The minimum Gasteiger partial charge on any atom is -0.508 e. The zero-order valence-corrected chi connectivity index (χ0v) is 26.3. The van der Waals surface area contributed by atoms with Crippen LogP contribution in [0, 0.1) is 17.8 Å². The smallest absolute Gasteiger partial charge is 0.233 e. The number of ether oxygens (including phenoxy) is 2. The Morgan fingerprint density at radius 3 is 2.24 bits per heavy atom. The fourth-order valence-electron chi connectivity index (χ4n) is 8.46. The number of ketones is 2. The van der Waals surface area contributed by atoms with Crippen molar-refractivity contribution in [2.24, 2.45) is 17.8 Å². The third-order valence-corrected chi connectivity index (χ3v) is 10.6. The Balaban J connectivity index is 1.23. The van der Waals surface area contributed by atoms with Crippen LogP contribution in [0.25, 0.3) is 0 Å². The summed E-state index contributed by atoms with van der Waals surface area (Å²) in [6, 6.07) is 13.0. The topological polar surface area (TPSA) is 113 Å². The first kappa shape index (κ1) is 30.2. The molecule has 4 unspecified atom stereocenters. The monoisotopic (exact) mass is 622 g/mol. The van der Waals surface area contributed by atoms with Gasteiger partial charge in [0.05, 0.1) is 26.1 Å². The number of imide groups is 1. The molecule has 238 valence electrons. The van der Waals surface area contributed by atoms with E-state index in [1.54, 1.807) is 6.92 Å². The van der Waals surface area contributed by atoms with Crippen LogP contribution < -0.4 is 9.47 Å². The highest BCUT2D eigenvalue weighted by atomic mass is 16.5. The van der Waals surface area contributed by atoms with Crippen molar-refractivity contribution in [2.45, 2.75) is 51.1 Å². The number of hydrogen-bond acceptors (Lipinski definition) is 8. The lowest BCUT2D eigenvalue weighted by atomic mass is 9.59. The van der Waals surface area contributed by atoms with Crippen LogP contribution in [0.2, 0.25) is 0 Å². The highest BCUT2D eigenvalue weighted by Gasteiger charge is 2.58. The van der Waals surface area contributed by atoms with Gasteiger partial charge in [-0.05, 0) is 50.2 Å². The summed E-state index contributed by atoms with van der Waals surface area (Å²) in [6.45, 7) is 4.05. The Morgan fingerprint density at radius 1 is 0.913 bits per heavy atom. The fraction of sp³-hybridized carbons (Fsp3) is 0.405. The van der Waals surface area contributed by atoms with Gasteiger partial charge in [-0.1, -0.05) is 42.0 Å². The van der Waals surface area contributed by atoms with Gasteiger partial charge in [0.25, 0.3) is 0 Å². The Bertz CT molecular complexity index is 1710. The summed E-state index contributed by atoms with van der Waals surface area (Å²) in [5.41, 5.74) is 3.64. The molecule has 9 nitrogen and oxygen atoms in total. The van der Waals surface area contributed by atoms with E-state index >= 15 is 0 Å². The van der Waals surface area contributed by atoms with Crippen molar-refractivity contribution in [2.75, 3.05) is 27.3 Å². The molecule has 7 rings (SSSR count). The molecule has 1 N–H and O–H groups in total. The Hall–Kier alpha value is -4.50. The van der Waals surface area contributed by atoms with Gasteiger partial charge in [0, 0.05) is 66.0 Å².